The Bertz CT molecular complexity index is 1050. The largest absolute Gasteiger partial charge is 0.422 e. The lowest BCUT2D eigenvalue weighted by Gasteiger charge is -2.24. The van der Waals surface area contributed by atoms with Gasteiger partial charge in [0.2, 0.25) is 0 Å². The smallest absolute Gasteiger partial charge is 0.349 e. The molecule has 1 aliphatic rings. The number of nitrogens with zero attached hydrogens (tertiary/aromatic N) is 1. The Morgan fingerprint density at radius 2 is 1.81 bits per heavy atom. The lowest BCUT2D eigenvalue weighted by Crippen LogP contribution is -2.45. The van der Waals surface area contributed by atoms with Crippen LogP contribution in [0.2, 0.25) is 0 Å². The van der Waals surface area contributed by atoms with Gasteiger partial charge in [0.15, 0.2) is 0 Å². The fourth-order valence-corrected chi connectivity index (χ4v) is 3.91. The van der Waals surface area contributed by atoms with Gasteiger partial charge in [0.1, 0.15) is 16.5 Å². The van der Waals surface area contributed by atoms with E-state index >= 15 is 0 Å². The molecule has 3 aromatic rings. The molecule has 1 fully saturated rings. The summed E-state index contributed by atoms with van der Waals surface area (Å²) >= 11 is 1.42. The first-order valence-corrected chi connectivity index (χ1v) is 9.01. The molecule has 2 amide bonds. The molecule has 1 aliphatic heterocycles. The van der Waals surface area contributed by atoms with Crippen molar-refractivity contribution in [2.24, 2.45) is 0 Å². The minimum absolute atomic E-state index is 0.139. The van der Waals surface area contributed by atoms with E-state index in [1.807, 2.05) is 30.3 Å². The van der Waals surface area contributed by atoms with Crippen LogP contribution < -0.4 is 11.1 Å². The summed E-state index contributed by atoms with van der Waals surface area (Å²) in [6.45, 7) is 0. The number of benzene rings is 2. The molecular weight excluding hydrogens is 352 g/mol. The van der Waals surface area contributed by atoms with Crippen molar-refractivity contribution < 1.29 is 14.0 Å². The lowest BCUT2D eigenvalue weighted by molar-refractivity contribution is -0.130. The van der Waals surface area contributed by atoms with E-state index in [1.54, 1.807) is 24.3 Å². The quantitative estimate of drug-likeness (QED) is 0.721. The Labute approximate surface area is 152 Å². The number of amides is 2. The molecule has 2 heterocycles. The van der Waals surface area contributed by atoms with Crippen molar-refractivity contribution in [3.63, 3.8) is 0 Å². The third-order valence-corrected chi connectivity index (χ3v) is 5.27. The van der Waals surface area contributed by atoms with Crippen LogP contribution in [0.3, 0.4) is 0 Å². The van der Waals surface area contributed by atoms with Gasteiger partial charge in [0, 0.05) is 5.39 Å². The molecule has 1 saturated heterocycles. The predicted octanol–water partition coefficient (Wildman–Crippen LogP) is 2.71. The fourth-order valence-electron chi connectivity index (χ4n) is 2.80. The van der Waals surface area contributed by atoms with Crippen molar-refractivity contribution in [3.05, 3.63) is 82.2 Å². The van der Waals surface area contributed by atoms with Gasteiger partial charge < -0.3 is 4.42 Å². The Morgan fingerprint density at radius 3 is 2.62 bits per heavy atom. The minimum Gasteiger partial charge on any atom is -0.422 e. The van der Waals surface area contributed by atoms with E-state index in [0.29, 0.717) is 11.0 Å². The molecule has 1 N–H and O–H groups in total. The van der Waals surface area contributed by atoms with E-state index < -0.39 is 11.5 Å². The van der Waals surface area contributed by atoms with Crippen molar-refractivity contribution in [3.8, 4) is 0 Å². The van der Waals surface area contributed by atoms with Gasteiger partial charge in [0.25, 0.3) is 11.8 Å². The number of nitrogens with one attached hydrogen (secondary N) is 1. The third-order valence-electron chi connectivity index (χ3n) is 4.06. The van der Waals surface area contributed by atoms with Crippen molar-refractivity contribution in [1.82, 2.24) is 10.4 Å². The maximum Gasteiger partial charge on any atom is 0.349 e. The monoisotopic (exact) mass is 366 g/mol. The highest BCUT2D eigenvalue weighted by atomic mass is 32.2. The molecular formula is C19H14N2O4S. The van der Waals surface area contributed by atoms with Gasteiger partial charge in [-0.1, -0.05) is 48.5 Å². The Balaban J connectivity index is 1.64. The maximum absolute atomic E-state index is 12.6. The van der Waals surface area contributed by atoms with Gasteiger partial charge in [0.05, 0.1) is 5.75 Å². The highest BCUT2D eigenvalue weighted by molar-refractivity contribution is 8.00. The van der Waals surface area contributed by atoms with Gasteiger partial charge in [-0.2, -0.15) is 0 Å². The molecule has 4 rings (SSSR count). The number of thioether (sulfide) groups is 1. The predicted molar refractivity (Wildman–Crippen MR) is 98.4 cm³/mol. The van der Waals surface area contributed by atoms with Crippen LogP contribution in [0, 0.1) is 0 Å². The fraction of sp³-hybridized carbons (Fsp3) is 0.105. The SMILES string of the molecule is O=C(NN1C(=O)CSC1c1ccccc1)c1cc2ccccc2oc1=O. The van der Waals surface area contributed by atoms with Crippen LogP contribution >= 0.6 is 11.8 Å². The summed E-state index contributed by atoms with van der Waals surface area (Å²) < 4.78 is 5.19. The highest BCUT2D eigenvalue weighted by Crippen LogP contribution is 2.37. The summed E-state index contributed by atoms with van der Waals surface area (Å²) in [5, 5.41) is 1.58. The number of para-hydroxylation sites is 1. The van der Waals surface area contributed by atoms with Gasteiger partial charge in [-0.05, 0) is 17.7 Å². The first-order valence-electron chi connectivity index (χ1n) is 7.96. The van der Waals surface area contributed by atoms with Crippen LogP contribution in [0.4, 0.5) is 0 Å². The van der Waals surface area contributed by atoms with E-state index in [9.17, 15) is 14.4 Å². The highest BCUT2D eigenvalue weighted by Gasteiger charge is 2.34. The van der Waals surface area contributed by atoms with Crippen LogP contribution in [0.1, 0.15) is 21.3 Å². The van der Waals surface area contributed by atoms with Crippen LogP contribution in [0.15, 0.2) is 69.9 Å². The summed E-state index contributed by atoms with van der Waals surface area (Å²) in [7, 11) is 0. The molecule has 0 spiro atoms. The van der Waals surface area contributed by atoms with Crippen molar-refractivity contribution in [2.45, 2.75) is 5.37 Å². The van der Waals surface area contributed by atoms with E-state index in [-0.39, 0.29) is 22.6 Å². The van der Waals surface area contributed by atoms with Crippen LogP contribution in [-0.2, 0) is 4.79 Å². The minimum atomic E-state index is -0.739. The topological polar surface area (TPSA) is 79.6 Å². The van der Waals surface area contributed by atoms with Crippen LogP contribution in [0.25, 0.3) is 11.0 Å². The zero-order valence-corrected chi connectivity index (χ0v) is 14.4. The Morgan fingerprint density at radius 1 is 1.08 bits per heavy atom. The summed E-state index contributed by atoms with van der Waals surface area (Å²) in [4.78, 5) is 37.0. The zero-order valence-electron chi connectivity index (χ0n) is 13.5. The average molecular weight is 366 g/mol. The summed E-state index contributed by atoms with van der Waals surface area (Å²) in [6, 6.07) is 17.8. The summed E-state index contributed by atoms with van der Waals surface area (Å²) in [5.41, 5.74) is 2.99. The Kier molecular flexibility index (Phi) is 4.22. The molecule has 0 radical (unpaired) electrons. The first kappa shape index (κ1) is 16.4. The van der Waals surface area contributed by atoms with Gasteiger partial charge in [-0.15, -0.1) is 11.8 Å². The van der Waals surface area contributed by atoms with E-state index in [2.05, 4.69) is 5.43 Å². The first-order chi connectivity index (χ1) is 12.6. The molecule has 1 atom stereocenters. The van der Waals surface area contributed by atoms with Gasteiger partial charge in [-0.3, -0.25) is 15.0 Å². The maximum atomic E-state index is 12.6. The number of rotatable bonds is 3. The van der Waals surface area contributed by atoms with Crippen molar-refractivity contribution in [1.29, 1.82) is 0 Å². The molecule has 0 saturated carbocycles. The number of hydrazine groups is 1. The van der Waals surface area contributed by atoms with Crippen molar-refractivity contribution >= 4 is 34.5 Å². The second-order valence-electron chi connectivity index (χ2n) is 5.76. The second-order valence-corrected chi connectivity index (χ2v) is 6.83. The molecule has 7 heteroatoms. The zero-order chi connectivity index (χ0) is 18.1. The molecule has 6 nitrogen and oxygen atoms in total. The number of hydrogen-bond donors (Lipinski definition) is 1. The molecule has 1 unspecified atom stereocenters. The van der Waals surface area contributed by atoms with Crippen LogP contribution in [-0.4, -0.2) is 22.6 Å². The number of carbonyl (C=O) groups is 2. The number of fused-ring (bicyclic) bond motifs is 1. The molecule has 1 aromatic heterocycles. The second kappa shape index (κ2) is 6.68. The van der Waals surface area contributed by atoms with Crippen molar-refractivity contribution in [2.75, 3.05) is 5.75 Å². The molecule has 0 aliphatic carbocycles. The lowest BCUT2D eigenvalue weighted by atomic mass is 10.2. The molecule has 2 aromatic carbocycles. The standard InChI is InChI=1S/C19H14N2O4S/c22-16-11-26-18(12-6-2-1-3-7-12)21(16)20-17(23)14-10-13-8-4-5-9-15(13)25-19(14)24/h1-10,18H,11H2,(H,20,23). The molecule has 130 valence electrons. The Hall–Kier alpha value is -3.06. The average Bonchev–Trinajstić information content (AvgIpc) is 3.02. The van der Waals surface area contributed by atoms with E-state index in [4.69, 9.17) is 4.42 Å². The van der Waals surface area contributed by atoms with Crippen LogP contribution in [0.5, 0.6) is 0 Å². The summed E-state index contributed by atoms with van der Waals surface area (Å²) in [6.07, 6.45) is 0. The number of carbonyl (C=O) groups excluding carboxylic acids is 2. The molecule has 0 bridgehead atoms. The van der Waals surface area contributed by atoms with Gasteiger partial charge in [-0.25, -0.2) is 9.80 Å². The van der Waals surface area contributed by atoms with E-state index in [1.165, 1.54) is 22.8 Å². The third kappa shape index (κ3) is 2.97. The van der Waals surface area contributed by atoms with E-state index in [0.717, 1.165) is 5.56 Å². The number of hydrogen-bond acceptors (Lipinski definition) is 5. The molecule has 26 heavy (non-hydrogen) atoms. The van der Waals surface area contributed by atoms with Gasteiger partial charge >= 0.3 is 5.63 Å². The normalized spacial score (nSPS) is 16.8. The summed E-state index contributed by atoms with van der Waals surface area (Å²) in [5.74, 6) is -0.629.